The van der Waals surface area contributed by atoms with Gasteiger partial charge in [-0.15, -0.1) is 0 Å². The van der Waals surface area contributed by atoms with Gasteiger partial charge in [-0.2, -0.15) is 0 Å². The van der Waals surface area contributed by atoms with Gasteiger partial charge < -0.3 is 15.4 Å². The van der Waals surface area contributed by atoms with E-state index in [0.717, 1.165) is 17.5 Å². The van der Waals surface area contributed by atoms with E-state index in [-0.39, 0.29) is 18.2 Å². The second-order valence-electron chi connectivity index (χ2n) is 5.22. The summed E-state index contributed by atoms with van der Waals surface area (Å²) in [5.74, 6) is -0.632. The van der Waals surface area contributed by atoms with Gasteiger partial charge in [-0.25, -0.2) is 4.98 Å². The molecule has 1 atom stereocenters. The number of nitrogens with zero attached hydrogens (tertiary/aromatic N) is 1. The van der Waals surface area contributed by atoms with Crippen LogP contribution in [0.5, 0.6) is 0 Å². The number of H-pyrrole nitrogens is 1. The average molecular weight is 289 g/mol. The first-order valence-corrected chi connectivity index (χ1v) is 6.99. The first-order valence-electron chi connectivity index (χ1n) is 6.99. The van der Waals surface area contributed by atoms with Gasteiger partial charge >= 0.3 is 5.97 Å². The number of hydrogen-bond acceptors (Lipinski definition) is 3. The molecule has 6 heteroatoms. The van der Waals surface area contributed by atoms with Crippen LogP contribution in [0, 0.1) is 5.92 Å². The topological polar surface area (TPSA) is 95.1 Å². The molecule has 0 spiro atoms. The zero-order valence-electron chi connectivity index (χ0n) is 11.9. The van der Waals surface area contributed by atoms with E-state index in [9.17, 15) is 9.59 Å². The lowest BCUT2D eigenvalue weighted by molar-refractivity contribution is -0.137. The Labute approximate surface area is 122 Å². The lowest BCUT2D eigenvalue weighted by Crippen LogP contribution is -2.25. The number of carbonyl (C=O) groups is 2. The number of aromatic nitrogens is 2. The second-order valence-corrected chi connectivity index (χ2v) is 5.22. The molecule has 1 unspecified atom stereocenters. The molecule has 0 fully saturated rings. The number of fused-ring (bicyclic) bond motifs is 1. The normalized spacial score (nSPS) is 12.2. The molecule has 2 aromatic rings. The van der Waals surface area contributed by atoms with Crippen LogP contribution in [0.4, 0.5) is 0 Å². The van der Waals surface area contributed by atoms with Crippen LogP contribution in [-0.2, 0) is 4.79 Å². The summed E-state index contributed by atoms with van der Waals surface area (Å²) < 4.78 is 0. The first kappa shape index (κ1) is 15.0. The zero-order chi connectivity index (χ0) is 15.2. The molecule has 0 radical (unpaired) electrons. The van der Waals surface area contributed by atoms with Gasteiger partial charge in [0.25, 0.3) is 5.91 Å². The van der Waals surface area contributed by atoms with Crippen LogP contribution >= 0.6 is 0 Å². The number of hydrogen-bond donors (Lipinski definition) is 3. The Morgan fingerprint density at radius 1 is 1.38 bits per heavy atom. The highest BCUT2D eigenvalue weighted by Gasteiger charge is 2.09. The Morgan fingerprint density at radius 3 is 2.95 bits per heavy atom. The van der Waals surface area contributed by atoms with Gasteiger partial charge in [-0.3, -0.25) is 9.59 Å². The van der Waals surface area contributed by atoms with Crippen molar-refractivity contribution >= 4 is 22.9 Å². The highest BCUT2D eigenvalue weighted by molar-refractivity contribution is 5.97. The highest BCUT2D eigenvalue weighted by Crippen LogP contribution is 2.12. The summed E-state index contributed by atoms with van der Waals surface area (Å²) in [6.07, 6.45) is 3.17. The SMILES string of the molecule is CC(CCNC(=O)c1ccc2nc[nH]c2c1)CCC(=O)O. The molecule has 0 aliphatic heterocycles. The Bertz CT molecular complexity index is 636. The monoisotopic (exact) mass is 289 g/mol. The lowest BCUT2D eigenvalue weighted by Gasteiger charge is -2.10. The number of benzene rings is 1. The number of carboxylic acids is 1. The van der Waals surface area contributed by atoms with Crippen molar-refractivity contribution in [2.75, 3.05) is 6.54 Å². The zero-order valence-corrected chi connectivity index (χ0v) is 11.9. The Balaban J connectivity index is 1.80. The van der Waals surface area contributed by atoms with E-state index in [1.165, 1.54) is 0 Å². The molecular weight excluding hydrogens is 270 g/mol. The molecule has 3 N–H and O–H groups in total. The third kappa shape index (κ3) is 4.30. The summed E-state index contributed by atoms with van der Waals surface area (Å²) in [6, 6.07) is 5.31. The van der Waals surface area contributed by atoms with E-state index in [1.807, 2.05) is 6.92 Å². The van der Waals surface area contributed by atoms with E-state index in [4.69, 9.17) is 5.11 Å². The fourth-order valence-electron chi connectivity index (χ4n) is 2.13. The fourth-order valence-corrected chi connectivity index (χ4v) is 2.13. The molecule has 0 bridgehead atoms. The maximum atomic E-state index is 12.0. The van der Waals surface area contributed by atoms with Crippen molar-refractivity contribution in [3.8, 4) is 0 Å². The Kier molecular flexibility index (Phi) is 4.92. The minimum absolute atomic E-state index is 0.128. The molecule has 0 saturated heterocycles. The number of aromatic amines is 1. The molecule has 1 aromatic carbocycles. The summed E-state index contributed by atoms with van der Waals surface area (Å²) in [5.41, 5.74) is 2.25. The van der Waals surface area contributed by atoms with Crippen molar-refractivity contribution in [3.05, 3.63) is 30.1 Å². The molecule has 6 nitrogen and oxygen atoms in total. The van der Waals surface area contributed by atoms with Crippen molar-refractivity contribution < 1.29 is 14.7 Å². The minimum Gasteiger partial charge on any atom is -0.481 e. The van der Waals surface area contributed by atoms with Gasteiger partial charge in [-0.05, 0) is 37.0 Å². The van der Waals surface area contributed by atoms with Crippen LogP contribution in [0.1, 0.15) is 36.5 Å². The van der Waals surface area contributed by atoms with Gasteiger partial charge in [0.1, 0.15) is 0 Å². The van der Waals surface area contributed by atoms with Gasteiger partial charge in [-0.1, -0.05) is 6.92 Å². The van der Waals surface area contributed by atoms with Crippen LogP contribution < -0.4 is 5.32 Å². The van der Waals surface area contributed by atoms with Gasteiger partial charge in [0, 0.05) is 18.5 Å². The average Bonchev–Trinajstić information content (AvgIpc) is 2.92. The van der Waals surface area contributed by atoms with Gasteiger partial charge in [0.05, 0.1) is 17.4 Å². The van der Waals surface area contributed by atoms with E-state index in [0.29, 0.717) is 18.5 Å². The van der Waals surface area contributed by atoms with Gasteiger partial charge in [0.15, 0.2) is 0 Å². The number of amides is 1. The van der Waals surface area contributed by atoms with Crippen molar-refractivity contribution in [2.45, 2.75) is 26.2 Å². The first-order chi connectivity index (χ1) is 10.1. The molecule has 1 aromatic heterocycles. The van der Waals surface area contributed by atoms with Crippen molar-refractivity contribution in [3.63, 3.8) is 0 Å². The summed E-state index contributed by atoms with van der Waals surface area (Å²) in [5, 5.41) is 11.5. The Morgan fingerprint density at radius 2 is 2.19 bits per heavy atom. The predicted octanol–water partition coefficient (Wildman–Crippen LogP) is 2.18. The smallest absolute Gasteiger partial charge is 0.303 e. The lowest BCUT2D eigenvalue weighted by atomic mass is 10.0. The molecule has 0 aliphatic rings. The number of nitrogens with one attached hydrogen (secondary N) is 2. The largest absolute Gasteiger partial charge is 0.481 e. The van der Waals surface area contributed by atoms with Crippen molar-refractivity contribution in [2.24, 2.45) is 5.92 Å². The quantitative estimate of drug-likeness (QED) is 0.728. The second kappa shape index (κ2) is 6.88. The van der Waals surface area contributed by atoms with Crippen LogP contribution in [-0.4, -0.2) is 33.5 Å². The Hall–Kier alpha value is -2.37. The molecule has 0 aliphatic carbocycles. The summed E-state index contributed by atoms with van der Waals surface area (Å²) >= 11 is 0. The maximum Gasteiger partial charge on any atom is 0.303 e. The minimum atomic E-state index is -0.779. The standard InChI is InChI=1S/C15H19N3O3/c1-10(2-5-14(19)20)6-7-16-15(21)11-3-4-12-13(8-11)18-9-17-12/h3-4,8-10H,2,5-7H2,1H3,(H,16,21)(H,17,18)(H,19,20). The third-order valence-electron chi connectivity index (χ3n) is 3.46. The maximum absolute atomic E-state index is 12.0. The predicted molar refractivity (Wildman–Crippen MR) is 79.1 cm³/mol. The molecule has 112 valence electrons. The van der Waals surface area contributed by atoms with Crippen LogP contribution in [0.2, 0.25) is 0 Å². The number of rotatable bonds is 7. The summed E-state index contributed by atoms with van der Waals surface area (Å²) in [6.45, 7) is 2.53. The number of imidazole rings is 1. The van der Waals surface area contributed by atoms with Gasteiger partial charge in [0.2, 0.25) is 0 Å². The molecule has 2 rings (SSSR count). The molecule has 0 saturated carbocycles. The number of carboxylic acid groups (broad SMARTS) is 1. The van der Waals surface area contributed by atoms with Crippen LogP contribution in [0.15, 0.2) is 24.5 Å². The van der Waals surface area contributed by atoms with Crippen molar-refractivity contribution in [1.82, 2.24) is 15.3 Å². The fraction of sp³-hybridized carbons (Fsp3) is 0.400. The van der Waals surface area contributed by atoms with Crippen molar-refractivity contribution in [1.29, 1.82) is 0 Å². The van der Waals surface area contributed by atoms with E-state index < -0.39 is 5.97 Å². The number of carbonyl (C=O) groups excluding carboxylic acids is 1. The number of aliphatic carboxylic acids is 1. The summed E-state index contributed by atoms with van der Waals surface area (Å²) in [7, 11) is 0. The summed E-state index contributed by atoms with van der Waals surface area (Å²) in [4.78, 5) is 29.6. The molecule has 21 heavy (non-hydrogen) atoms. The molecular formula is C15H19N3O3. The highest BCUT2D eigenvalue weighted by atomic mass is 16.4. The molecule has 1 amide bonds. The van der Waals surface area contributed by atoms with E-state index in [2.05, 4.69) is 15.3 Å². The van der Waals surface area contributed by atoms with Crippen LogP contribution in [0.3, 0.4) is 0 Å². The van der Waals surface area contributed by atoms with Crippen LogP contribution in [0.25, 0.3) is 11.0 Å². The van der Waals surface area contributed by atoms with E-state index in [1.54, 1.807) is 24.5 Å². The molecule has 1 heterocycles. The third-order valence-corrected chi connectivity index (χ3v) is 3.46. The van der Waals surface area contributed by atoms with E-state index >= 15 is 0 Å².